The molecule has 2 N–H and O–H groups in total. The van der Waals surface area contributed by atoms with Crippen molar-refractivity contribution in [1.29, 1.82) is 0 Å². The molecule has 190 valence electrons. The molecule has 0 bridgehead atoms. The second-order valence-corrected chi connectivity index (χ2v) is 9.33. The van der Waals surface area contributed by atoms with Crippen molar-refractivity contribution in [2.75, 3.05) is 11.9 Å². The van der Waals surface area contributed by atoms with Crippen molar-refractivity contribution in [2.24, 2.45) is 0 Å². The van der Waals surface area contributed by atoms with Crippen molar-refractivity contribution in [3.8, 4) is 16.3 Å². The molecule has 9 heteroatoms. The fourth-order valence-corrected chi connectivity index (χ4v) is 4.26. The van der Waals surface area contributed by atoms with Gasteiger partial charge in [-0.1, -0.05) is 55.0 Å². The van der Waals surface area contributed by atoms with Crippen LogP contribution in [0.2, 0.25) is 0 Å². The Kier molecular flexibility index (Phi) is 8.93. The van der Waals surface area contributed by atoms with Gasteiger partial charge in [-0.15, -0.1) is 10.2 Å². The van der Waals surface area contributed by atoms with Gasteiger partial charge in [0.05, 0.1) is 6.61 Å². The quantitative estimate of drug-likeness (QED) is 0.256. The number of halogens is 1. The third-order valence-corrected chi connectivity index (χ3v) is 6.42. The van der Waals surface area contributed by atoms with Gasteiger partial charge in [-0.3, -0.25) is 14.9 Å². The van der Waals surface area contributed by atoms with Crippen LogP contribution in [0.4, 0.5) is 9.52 Å². The van der Waals surface area contributed by atoms with Crippen LogP contribution in [0, 0.1) is 5.82 Å². The summed E-state index contributed by atoms with van der Waals surface area (Å²) in [6.45, 7) is 2.71. The van der Waals surface area contributed by atoms with E-state index in [-0.39, 0.29) is 16.9 Å². The van der Waals surface area contributed by atoms with Gasteiger partial charge in [0.1, 0.15) is 22.6 Å². The lowest BCUT2D eigenvalue weighted by Gasteiger charge is -2.18. The van der Waals surface area contributed by atoms with Crippen molar-refractivity contribution < 1.29 is 18.7 Å². The van der Waals surface area contributed by atoms with Gasteiger partial charge in [-0.25, -0.2) is 4.39 Å². The Hall–Kier alpha value is -4.11. The maximum atomic E-state index is 13.2. The maximum Gasteiger partial charge on any atom is 0.251 e. The molecule has 0 saturated carbocycles. The maximum absolute atomic E-state index is 13.2. The van der Waals surface area contributed by atoms with E-state index in [0.29, 0.717) is 34.9 Å². The summed E-state index contributed by atoms with van der Waals surface area (Å²) in [4.78, 5) is 26.2. The molecule has 0 unspecified atom stereocenters. The molecule has 1 heterocycles. The van der Waals surface area contributed by atoms with E-state index in [1.807, 2.05) is 30.3 Å². The molecule has 2 amide bonds. The van der Waals surface area contributed by atoms with Crippen LogP contribution in [0.15, 0.2) is 78.9 Å². The van der Waals surface area contributed by atoms with E-state index in [2.05, 4.69) is 27.8 Å². The van der Waals surface area contributed by atoms with Crippen molar-refractivity contribution in [1.82, 2.24) is 15.5 Å². The Bertz CT molecular complexity index is 1310. The molecule has 0 aliphatic heterocycles. The first kappa shape index (κ1) is 26.0. The van der Waals surface area contributed by atoms with Crippen LogP contribution in [0.5, 0.6) is 5.75 Å². The molecule has 0 spiro atoms. The number of nitrogens with zero attached hydrogens (tertiary/aromatic N) is 2. The van der Waals surface area contributed by atoms with Gasteiger partial charge in [0.2, 0.25) is 11.0 Å². The lowest BCUT2D eigenvalue weighted by atomic mass is 10.0. The number of hydrogen-bond donors (Lipinski definition) is 2. The van der Waals surface area contributed by atoms with Gasteiger partial charge in [-0.05, 0) is 60.5 Å². The minimum Gasteiger partial charge on any atom is -0.494 e. The fraction of sp³-hybridized carbons (Fsp3) is 0.214. The highest BCUT2D eigenvalue weighted by Gasteiger charge is 2.23. The zero-order chi connectivity index (χ0) is 26.0. The molecule has 7 nitrogen and oxygen atoms in total. The Morgan fingerprint density at radius 2 is 1.70 bits per heavy atom. The number of aromatic nitrogens is 2. The first-order chi connectivity index (χ1) is 18.0. The number of ether oxygens (including phenoxy) is 1. The second kappa shape index (κ2) is 12.7. The van der Waals surface area contributed by atoms with Crippen molar-refractivity contribution in [3.05, 3.63) is 95.8 Å². The lowest BCUT2D eigenvalue weighted by molar-refractivity contribution is -0.118. The van der Waals surface area contributed by atoms with Crippen LogP contribution < -0.4 is 15.4 Å². The summed E-state index contributed by atoms with van der Waals surface area (Å²) in [5.74, 6) is -0.448. The molecule has 1 aromatic heterocycles. The summed E-state index contributed by atoms with van der Waals surface area (Å²) < 4.78 is 18.9. The zero-order valence-electron chi connectivity index (χ0n) is 20.3. The van der Waals surface area contributed by atoms with E-state index >= 15 is 0 Å². The van der Waals surface area contributed by atoms with Gasteiger partial charge in [0.25, 0.3) is 5.91 Å². The monoisotopic (exact) mass is 518 g/mol. The highest BCUT2D eigenvalue weighted by atomic mass is 32.1. The highest BCUT2D eigenvalue weighted by Crippen LogP contribution is 2.26. The number of anilines is 1. The SMILES string of the molecule is CCCCOc1ccc(C(=O)N[C@@H](Cc2ccccc2)C(=O)Nc2nnc(-c3ccc(F)cc3)s2)cc1. The lowest BCUT2D eigenvalue weighted by Crippen LogP contribution is -2.45. The average Bonchev–Trinajstić information content (AvgIpc) is 3.38. The molecule has 3 aromatic carbocycles. The van der Waals surface area contributed by atoms with E-state index < -0.39 is 11.9 Å². The number of nitrogens with one attached hydrogen (secondary N) is 2. The first-order valence-corrected chi connectivity index (χ1v) is 12.8. The van der Waals surface area contributed by atoms with Crippen molar-refractivity contribution >= 4 is 28.3 Å². The number of hydrogen-bond acceptors (Lipinski definition) is 6. The number of unbranched alkanes of at least 4 members (excludes halogenated alkanes) is 1. The predicted molar refractivity (Wildman–Crippen MR) is 142 cm³/mol. The molecule has 37 heavy (non-hydrogen) atoms. The summed E-state index contributed by atoms with van der Waals surface area (Å²) in [6.07, 6.45) is 2.29. The van der Waals surface area contributed by atoms with E-state index in [4.69, 9.17) is 4.74 Å². The molecule has 4 aromatic rings. The molecule has 0 saturated heterocycles. The Balaban J connectivity index is 1.45. The summed E-state index contributed by atoms with van der Waals surface area (Å²) in [7, 11) is 0. The molecule has 0 aliphatic rings. The summed E-state index contributed by atoms with van der Waals surface area (Å²) in [5, 5.41) is 14.5. The normalized spacial score (nSPS) is 11.5. The third kappa shape index (κ3) is 7.44. The molecular weight excluding hydrogens is 491 g/mol. The number of carbonyl (C=O) groups excluding carboxylic acids is 2. The summed E-state index contributed by atoms with van der Waals surface area (Å²) >= 11 is 1.17. The largest absolute Gasteiger partial charge is 0.494 e. The molecule has 0 aliphatic carbocycles. The molecular formula is C28H27FN4O3S. The third-order valence-electron chi connectivity index (χ3n) is 5.53. The molecule has 0 radical (unpaired) electrons. The first-order valence-electron chi connectivity index (χ1n) is 12.0. The number of benzene rings is 3. The van der Waals surface area contributed by atoms with Gasteiger partial charge in [0, 0.05) is 17.5 Å². The van der Waals surface area contributed by atoms with E-state index in [0.717, 1.165) is 18.4 Å². The van der Waals surface area contributed by atoms with Gasteiger partial charge >= 0.3 is 0 Å². The van der Waals surface area contributed by atoms with E-state index in [1.54, 1.807) is 36.4 Å². The standard InChI is InChI=1S/C28H27FN4O3S/c1-2-3-17-36-23-15-11-20(12-16-23)25(34)30-24(18-19-7-5-4-6-8-19)26(35)31-28-33-32-27(37-28)21-9-13-22(29)14-10-21/h4-16,24H,2-3,17-18H2,1H3,(H,30,34)(H,31,33,35)/t24-/m0/s1. The van der Waals surface area contributed by atoms with Crippen molar-refractivity contribution in [3.63, 3.8) is 0 Å². The Labute approximate surface area is 218 Å². The Morgan fingerprint density at radius 3 is 2.41 bits per heavy atom. The predicted octanol–water partition coefficient (Wildman–Crippen LogP) is 5.50. The van der Waals surface area contributed by atoms with Crippen LogP contribution in [-0.2, 0) is 11.2 Å². The zero-order valence-corrected chi connectivity index (χ0v) is 21.1. The smallest absolute Gasteiger partial charge is 0.251 e. The number of rotatable bonds is 11. The highest BCUT2D eigenvalue weighted by molar-refractivity contribution is 7.18. The van der Waals surface area contributed by atoms with Gasteiger partial charge < -0.3 is 10.1 Å². The fourth-order valence-electron chi connectivity index (χ4n) is 3.51. The van der Waals surface area contributed by atoms with E-state index in [9.17, 15) is 14.0 Å². The molecule has 0 fully saturated rings. The van der Waals surface area contributed by atoms with Crippen molar-refractivity contribution in [2.45, 2.75) is 32.2 Å². The minimum atomic E-state index is -0.853. The topological polar surface area (TPSA) is 93.2 Å². The molecule has 1 atom stereocenters. The van der Waals surface area contributed by atoms with Crippen LogP contribution in [0.3, 0.4) is 0 Å². The van der Waals surface area contributed by atoms with Gasteiger partial charge in [0.15, 0.2) is 0 Å². The Morgan fingerprint density at radius 1 is 0.973 bits per heavy atom. The average molecular weight is 519 g/mol. The second-order valence-electron chi connectivity index (χ2n) is 8.35. The van der Waals surface area contributed by atoms with Crippen LogP contribution in [0.25, 0.3) is 10.6 Å². The molecule has 4 rings (SSSR count). The van der Waals surface area contributed by atoms with Crippen LogP contribution >= 0.6 is 11.3 Å². The van der Waals surface area contributed by atoms with E-state index in [1.165, 1.54) is 23.5 Å². The number of carbonyl (C=O) groups is 2. The number of amides is 2. The van der Waals surface area contributed by atoms with Crippen LogP contribution in [-0.4, -0.2) is 34.7 Å². The summed E-state index contributed by atoms with van der Waals surface area (Å²) in [5.41, 5.74) is 2.01. The van der Waals surface area contributed by atoms with Gasteiger partial charge in [-0.2, -0.15) is 0 Å². The minimum absolute atomic E-state index is 0.283. The van der Waals surface area contributed by atoms with Crippen LogP contribution in [0.1, 0.15) is 35.7 Å². The summed E-state index contributed by atoms with van der Waals surface area (Å²) in [6, 6.07) is 21.3.